The van der Waals surface area contributed by atoms with Crippen LogP contribution in [0.3, 0.4) is 0 Å². The smallest absolute Gasteiger partial charge is 0.323 e. The van der Waals surface area contributed by atoms with Gasteiger partial charge in [-0.25, -0.2) is 0 Å². The largest absolute Gasteiger partial charge is 0.496 e. The molecule has 1 aromatic heterocycles. The van der Waals surface area contributed by atoms with Gasteiger partial charge in [-0.1, -0.05) is 48.5 Å². The quantitative estimate of drug-likeness (QED) is 0.306. The summed E-state index contributed by atoms with van der Waals surface area (Å²) in [7, 11) is 1.58. The molecule has 0 radical (unpaired) electrons. The fourth-order valence-electron chi connectivity index (χ4n) is 3.80. The maximum absolute atomic E-state index is 12.9. The normalized spacial score (nSPS) is 11.1. The number of rotatable bonds is 7. The van der Waals surface area contributed by atoms with Crippen LogP contribution in [-0.4, -0.2) is 28.7 Å². The minimum Gasteiger partial charge on any atom is -0.496 e. The predicted molar refractivity (Wildman–Crippen MR) is 130 cm³/mol. The number of nitrogens with one attached hydrogen (secondary N) is 1. The van der Waals surface area contributed by atoms with Crippen LogP contribution in [-0.2, 0) is 16.1 Å². The molecule has 0 bridgehead atoms. The fourth-order valence-corrected chi connectivity index (χ4v) is 3.80. The number of carboxylic acid groups (broad SMARTS) is 1. The molecule has 0 unspecified atom stereocenters. The van der Waals surface area contributed by atoms with Crippen molar-refractivity contribution >= 4 is 34.5 Å². The minimum absolute atomic E-state index is 0.102. The van der Waals surface area contributed by atoms with Crippen molar-refractivity contribution in [3.8, 4) is 22.9 Å². The van der Waals surface area contributed by atoms with E-state index in [4.69, 9.17) is 4.74 Å². The Kier molecular flexibility index (Phi) is 6.42. The molecule has 168 valence electrons. The van der Waals surface area contributed by atoms with Crippen molar-refractivity contribution < 1.29 is 19.4 Å². The molecule has 34 heavy (non-hydrogen) atoms. The summed E-state index contributed by atoms with van der Waals surface area (Å²) >= 11 is 0. The molecular weight excluding hydrogens is 430 g/mol. The predicted octanol–water partition coefficient (Wildman–Crippen LogP) is 4.95. The van der Waals surface area contributed by atoms with Gasteiger partial charge >= 0.3 is 5.97 Å². The van der Waals surface area contributed by atoms with Crippen LogP contribution in [0.5, 0.6) is 5.75 Å². The summed E-state index contributed by atoms with van der Waals surface area (Å²) in [5, 5.41) is 22.4. The highest BCUT2D eigenvalue weighted by molar-refractivity contribution is 6.11. The van der Waals surface area contributed by atoms with Crippen LogP contribution in [0, 0.1) is 11.3 Å². The van der Waals surface area contributed by atoms with E-state index in [2.05, 4.69) is 5.32 Å². The number of hydrogen-bond donors (Lipinski definition) is 2. The Balaban J connectivity index is 1.66. The van der Waals surface area contributed by atoms with E-state index in [1.165, 1.54) is 6.08 Å². The van der Waals surface area contributed by atoms with Crippen LogP contribution in [0.1, 0.15) is 5.56 Å². The lowest BCUT2D eigenvalue weighted by atomic mass is 10.0. The van der Waals surface area contributed by atoms with Crippen LogP contribution in [0.4, 0.5) is 5.69 Å². The van der Waals surface area contributed by atoms with Crippen molar-refractivity contribution in [2.75, 3.05) is 12.4 Å². The van der Waals surface area contributed by atoms with Gasteiger partial charge in [-0.05, 0) is 35.9 Å². The SMILES string of the molecule is COc1ccc(NC(=O)/C(C#N)=C/c2cn(CC(=O)O)c3ccccc23)cc1-c1ccccc1. The van der Waals surface area contributed by atoms with E-state index in [1.54, 1.807) is 48.2 Å². The number of nitriles is 1. The number of aromatic nitrogens is 1. The zero-order valence-corrected chi connectivity index (χ0v) is 18.4. The summed E-state index contributed by atoms with van der Waals surface area (Å²) in [6, 6.07) is 24.1. The van der Waals surface area contributed by atoms with Crippen molar-refractivity contribution in [3.63, 3.8) is 0 Å². The molecule has 3 aromatic carbocycles. The van der Waals surface area contributed by atoms with Crippen LogP contribution in [0.2, 0.25) is 0 Å². The van der Waals surface area contributed by atoms with Crippen molar-refractivity contribution in [1.82, 2.24) is 4.57 Å². The Morgan fingerprint density at radius 2 is 1.82 bits per heavy atom. The number of carboxylic acids is 1. The Bertz CT molecular complexity index is 1450. The van der Waals surface area contributed by atoms with Crippen LogP contribution in [0.15, 0.2) is 84.6 Å². The number of carbonyl (C=O) groups is 2. The summed E-state index contributed by atoms with van der Waals surface area (Å²) in [6.45, 7) is -0.226. The molecule has 0 aliphatic carbocycles. The highest BCUT2D eigenvalue weighted by atomic mass is 16.5. The first-order valence-electron chi connectivity index (χ1n) is 10.5. The molecule has 7 heteroatoms. The van der Waals surface area contributed by atoms with Crippen molar-refractivity contribution in [2.24, 2.45) is 0 Å². The van der Waals surface area contributed by atoms with Gasteiger partial charge in [-0.2, -0.15) is 5.26 Å². The number of ether oxygens (including phenoxy) is 1. The van der Waals surface area contributed by atoms with Crippen molar-refractivity contribution in [1.29, 1.82) is 5.26 Å². The lowest BCUT2D eigenvalue weighted by Crippen LogP contribution is -2.13. The number of aliphatic carboxylic acids is 1. The molecule has 0 aliphatic heterocycles. The van der Waals surface area contributed by atoms with Gasteiger partial charge in [0, 0.05) is 33.9 Å². The number of nitrogens with zero attached hydrogens (tertiary/aromatic N) is 2. The highest BCUT2D eigenvalue weighted by Gasteiger charge is 2.15. The molecule has 1 heterocycles. The van der Waals surface area contributed by atoms with E-state index in [9.17, 15) is 20.0 Å². The summed E-state index contributed by atoms with van der Waals surface area (Å²) in [5.74, 6) is -0.892. The van der Waals surface area contributed by atoms with Gasteiger partial charge in [-0.15, -0.1) is 0 Å². The molecule has 4 aromatic rings. The first-order chi connectivity index (χ1) is 16.5. The third-order valence-electron chi connectivity index (χ3n) is 5.33. The number of carbonyl (C=O) groups excluding carboxylic acids is 1. The second-order valence-corrected chi connectivity index (χ2v) is 7.53. The van der Waals surface area contributed by atoms with Crippen LogP contribution >= 0.6 is 0 Å². The molecule has 0 saturated heterocycles. The molecular formula is C27H21N3O4. The number of amides is 1. The molecule has 0 atom stereocenters. The highest BCUT2D eigenvalue weighted by Crippen LogP contribution is 2.32. The number of hydrogen-bond acceptors (Lipinski definition) is 4. The zero-order chi connectivity index (χ0) is 24.1. The zero-order valence-electron chi connectivity index (χ0n) is 18.4. The Labute approximate surface area is 196 Å². The van der Waals surface area contributed by atoms with Gasteiger partial charge in [0.15, 0.2) is 0 Å². The summed E-state index contributed by atoms with van der Waals surface area (Å²) < 4.78 is 7.03. The van der Waals surface area contributed by atoms with Gasteiger partial charge in [0.25, 0.3) is 5.91 Å². The van der Waals surface area contributed by atoms with E-state index in [1.807, 2.05) is 48.5 Å². The third kappa shape index (κ3) is 4.66. The molecule has 0 saturated carbocycles. The van der Waals surface area contributed by atoms with E-state index in [0.29, 0.717) is 22.5 Å². The maximum atomic E-state index is 12.9. The second kappa shape index (κ2) is 9.76. The molecule has 7 nitrogen and oxygen atoms in total. The third-order valence-corrected chi connectivity index (χ3v) is 5.33. The lowest BCUT2D eigenvalue weighted by Gasteiger charge is -2.12. The topological polar surface area (TPSA) is 104 Å². The average Bonchev–Trinajstić information content (AvgIpc) is 3.19. The molecule has 1 amide bonds. The number of benzene rings is 3. The Morgan fingerprint density at radius 3 is 2.53 bits per heavy atom. The van der Waals surface area contributed by atoms with Gasteiger partial charge in [0.05, 0.1) is 7.11 Å². The summed E-state index contributed by atoms with van der Waals surface area (Å²) in [4.78, 5) is 24.2. The number of methoxy groups -OCH3 is 1. The van der Waals surface area contributed by atoms with Gasteiger partial charge in [0.2, 0.25) is 0 Å². The summed E-state index contributed by atoms with van der Waals surface area (Å²) in [6.07, 6.45) is 3.10. The van der Waals surface area contributed by atoms with Crippen molar-refractivity contribution in [3.05, 3.63) is 90.1 Å². The van der Waals surface area contributed by atoms with E-state index in [0.717, 1.165) is 16.5 Å². The fraction of sp³-hybridized carbons (Fsp3) is 0.0741. The molecule has 0 spiro atoms. The number of anilines is 1. The monoisotopic (exact) mass is 451 g/mol. The summed E-state index contributed by atoms with van der Waals surface area (Å²) in [5.41, 5.74) is 3.44. The van der Waals surface area contributed by atoms with Crippen LogP contribution < -0.4 is 10.1 Å². The van der Waals surface area contributed by atoms with Crippen LogP contribution in [0.25, 0.3) is 28.1 Å². The van der Waals surface area contributed by atoms with Gasteiger partial charge in [-0.3, -0.25) is 9.59 Å². The van der Waals surface area contributed by atoms with E-state index in [-0.39, 0.29) is 12.1 Å². The number of fused-ring (bicyclic) bond motifs is 1. The minimum atomic E-state index is -0.983. The Hall–Kier alpha value is -4.83. The molecule has 2 N–H and O–H groups in total. The maximum Gasteiger partial charge on any atom is 0.323 e. The van der Waals surface area contributed by atoms with Crippen molar-refractivity contribution in [2.45, 2.75) is 6.54 Å². The first-order valence-corrected chi connectivity index (χ1v) is 10.5. The van der Waals surface area contributed by atoms with E-state index >= 15 is 0 Å². The molecule has 0 aliphatic rings. The average molecular weight is 451 g/mol. The number of para-hydroxylation sites is 1. The van der Waals surface area contributed by atoms with E-state index < -0.39 is 11.9 Å². The second-order valence-electron chi connectivity index (χ2n) is 7.53. The van der Waals surface area contributed by atoms with Gasteiger partial charge < -0.3 is 19.7 Å². The standard InChI is InChI=1S/C27H21N3O4/c1-34-25-12-11-21(14-23(25)18-7-3-2-4-8-18)29-27(33)19(15-28)13-20-16-30(17-26(31)32)24-10-6-5-9-22(20)24/h2-14,16H,17H2,1H3,(H,29,33)(H,31,32)/b19-13+. The van der Waals surface area contributed by atoms with Gasteiger partial charge in [0.1, 0.15) is 23.9 Å². The lowest BCUT2D eigenvalue weighted by molar-refractivity contribution is -0.137. The molecule has 4 rings (SSSR count). The first kappa shape index (κ1) is 22.4. The Morgan fingerprint density at radius 1 is 1.09 bits per heavy atom. The molecule has 0 fully saturated rings.